The van der Waals surface area contributed by atoms with Gasteiger partial charge in [-0.2, -0.15) is 5.11 Å². The Labute approximate surface area is 106 Å². The largest absolute Gasteiger partial charge is 0.507 e. The van der Waals surface area contributed by atoms with Gasteiger partial charge in [-0.1, -0.05) is 45.4 Å². The first-order valence-electron chi connectivity index (χ1n) is 6.07. The molecular weight excluding hydrogens is 228 g/mol. The third-order valence-electron chi connectivity index (χ3n) is 2.52. The molecule has 1 rings (SSSR count). The van der Waals surface area contributed by atoms with Gasteiger partial charge in [0.2, 0.25) is 9.68 Å². The lowest BCUT2D eigenvalue weighted by molar-refractivity contribution is 0.457. The number of phenols is 1. The van der Waals surface area contributed by atoms with E-state index in [2.05, 4.69) is 30.7 Å². The summed E-state index contributed by atoms with van der Waals surface area (Å²) in [5.74, 6) is 0.703. The van der Waals surface area contributed by atoms with Crippen molar-refractivity contribution in [1.29, 1.82) is 0 Å². The van der Waals surface area contributed by atoms with Crippen LogP contribution in [0, 0.1) is 0 Å². The van der Waals surface area contributed by atoms with Gasteiger partial charge in [-0.25, -0.2) is 4.78 Å². The van der Waals surface area contributed by atoms with Crippen LogP contribution in [0.25, 0.3) is 0 Å². The summed E-state index contributed by atoms with van der Waals surface area (Å²) < 4.78 is 4.11. The van der Waals surface area contributed by atoms with Crippen molar-refractivity contribution in [3.63, 3.8) is 0 Å². The summed E-state index contributed by atoms with van der Waals surface area (Å²) in [6.07, 6.45) is 1.14. The lowest BCUT2D eigenvalue weighted by Gasteiger charge is -2.10. The predicted molar refractivity (Wildman–Crippen MR) is 71.6 cm³/mol. The number of rotatable bonds is 6. The Morgan fingerprint density at radius 1 is 1.35 bits per heavy atom. The van der Waals surface area contributed by atoms with Crippen molar-refractivity contribution in [3.8, 4) is 5.75 Å². The molecule has 1 aromatic carbocycles. The highest BCUT2D eigenvalue weighted by atomic mass is 28.2. The lowest BCUT2D eigenvalue weighted by Crippen LogP contribution is -1.92. The molecule has 0 saturated carbocycles. The van der Waals surface area contributed by atoms with Crippen LogP contribution in [0.15, 0.2) is 28.1 Å². The Kier molecular flexibility index (Phi) is 5.90. The number of para-hydroxylation sites is 1. The lowest BCUT2D eigenvalue weighted by atomic mass is 9.99. The van der Waals surface area contributed by atoms with Crippen LogP contribution in [0.4, 0.5) is 0 Å². The molecular formula is C13H20N2OSi. The van der Waals surface area contributed by atoms with Gasteiger partial charge in [-0.3, -0.25) is 0 Å². The second-order valence-electron chi connectivity index (χ2n) is 4.32. The molecule has 0 unspecified atom stereocenters. The molecule has 92 valence electrons. The van der Waals surface area contributed by atoms with Gasteiger partial charge in [0.25, 0.3) is 0 Å². The van der Waals surface area contributed by atoms with E-state index in [9.17, 15) is 5.11 Å². The van der Waals surface area contributed by atoms with Gasteiger partial charge < -0.3 is 5.11 Å². The normalized spacial score (nSPS) is 11.5. The average molecular weight is 248 g/mol. The highest BCUT2D eigenvalue weighted by molar-refractivity contribution is 6.32. The summed E-state index contributed by atoms with van der Waals surface area (Å²) >= 11 is 0. The Morgan fingerprint density at radius 3 is 2.76 bits per heavy atom. The fourth-order valence-corrected chi connectivity index (χ4v) is 2.02. The van der Waals surface area contributed by atoms with Gasteiger partial charge in [-0.15, -0.1) is 0 Å². The van der Waals surface area contributed by atoms with Crippen molar-refractivity contribution in [1.82, 2.24) is 0 Å². The molecule has 1 N–H and O–H groups in total. The standard InChI is InChI=1S/C13H20N2OSi/c1-4-8-17-15-14-9-11-6-5-7-12(10(2)3)13(11)16/h5-7,10,16H,4,8-9H2,1-3H3. The van der Waals surface area contributed by atoms with E-state index in [4.69, 9.17) is 0 Å². The maximum atomic E-state index is 10.1. The maximum absolute atomic E-state index is 10.1. The molecule has 3 nitrogen and oxygen atoms in total. The van der Waals surface area contributed by atoms with E-state index < -0.39 is 0 Å². The molecule has 0 atom stereocenters. The van der Waals surface area contributed by atoms with Crippen molar-refractivity contribution in [3.05, 3.63) is 29.3 Å². The zero-order chi connectivity index (χ0) is 12.7. The third-order valence-corrected chi connectivity index (χ3v) is 3.52. The fraction of sp³-hybridized carbons (Fsp3) is 0.538. The van der Waals surface area contributed by atoms with Crippen molar-refractivity contribution in [2.75, 3.05) is 0 Å². The summed E-state index contributed by atoms with van der Waals surface area (Å²) in [7, 11) is 0.550. The molecule has 0 fully saturated rings. The summed E-state index contributed by atoms with van der Waals surface area (Å²) in [5, 5.41) is 14.2. The number of aromatic hydroxyl groups is 1. The van der Waals surface area contributed by atoms with Crippen molar-refractivity contribution in [2.45, 2.75) is 45.7 Å². The molecule has 0 spiro atoms. The van der Waals surface area contributed by atoms with E-state index in [-0.39, 0.29) is 0 Å². The summed E-state index contributed by atoms with van der Waals surface area (Å²) in [6.45, 7) is 6.76. The van der Waals surface area contributed by atoms with Crippen LogP contribution in [0.1, 0.15) is 44.2 Å². The Bertz CT molecular complexity index is 378. The monoisotopic (exact) mass is 248 g/mol. The summed E-state index contributed by atoms with van der Waals surface area (Å²) in [6, 6.07) is 6.93. The van der Waals surface area contributed by atoms with Crippen LogP contribution in [0.5, 0.6) is 5.75 Å². The molecule has 0 aliphatic rings. The van der Waals surface area contributed by atoms with E-state index in [0.717, 1.165) is 23.6 Å². The van der Waals surface area contributed by atoms with Crippen molar-refractivity contribution in [2.24, 2.45) is 9.89 Å². The van der Waals surface area contributed by atoms with E-state index in [1.165, 1.54) is 0 Å². The third kappa shape index (κ3) is 4.30. The van der Waals surface area contributed by atoms with Gasteiger partial charge in [0.05, 0.1) is 6.54 Å². The zero-order valence-corrected chi connectivity index (χ0v) is 11.8. The maximum Gasteiger partial charge on any atom is 0.241 e. The number of hydrogen-bond donors (Lipinski definition) is 1. The van der Waals surface area contributed by atoms with Gasteiger partial charge in [-0.05, 0) is 17.5 Å². The minimum atomic E-state index is 0.328. The molecule has 0 amide bonds. The fourth-order valence-electron chi connectivity index (χ4n) is 1.53. The van der Waals surface area contributed by atoms with Crippen LogP contribution in [0.2, 0.25) is 6.04 Å². The molecule has 0 aromatic heterocycles. The number of hydrogen-bond acceptors (Lipinski definition) is 3. The first-order valence-corrected chi connectivity index (χ1v) is 7.22. The highest BCUT2D eigenvalue weighted by Gasteiger charge is 2.09. The molecule has 17 heavy (non-hydrogen) atoms. The molecule has 0 saturated heterocycles. The number of nitrogens with zero attached hydrogens (tertiary/aromatic N) is 2. The summed E-state index contributed by atoms with van der Waals surface area (Å²) in [5.41, 5.74) is 1.84. The number of phenolic OH excluding ortho intramolecular Hbond substituents is 1. The Morgan fingerprint density at radius 2 is 2.12 bits per heavy atom. The second kappa shape index (κ2) is 7.22. The second-order valence-corrected chi connectivity index (χ2v) is 5.33. The number of benzene rings is 1. The van der Waals surface area contributed by atoms with Crippen molar-refractivity contribution >= 4 is 9.68 Å². The van der Waals surface area contributed by atoms with Crippen LogP contribution in [0.3, 0.4) is 0 Å². The molecule has 2 radical (unpaired) electrons. The average Bonchev–Trinajstić information content (AvgIpc) is 2.30. The van der Waals surface area contributed by atoms with Crippen molar-refractivity contribution < 1.29 is 5.11 Å². The Hall–Kier alpha value is -1.16. The SMILES string of the molecule is CCC[Si]N=NCc1cccc(C(C)C)c1O. The molecule has 1 aromatic rings. The van der Waals surface area contributed by atoms with Crippen LogP contribution in [-0.2, 0) is 6.54 Å². The van der Waals surface area contributed by atoms with E-state index in [1.807, 2.05) is 18.2 Å². The predicted octanol–water partition coefficient (Wildman–Crippen LogP) is 3.92. The van der Waals surface area contributed by atoms with E-state index in [1.54, 1.807) is 0 Å². The van der Waals surface area contributed by atoms with E-state index in [0.29, 0.717) is 27.9 Å². The minimum Gasteiger partial charge on any atom is -0.507 e. The molecule has 0 aliphatic heterocycles. The van der Waals surface area contributed by atoms with E-state index >= 15 is 0 Å². The van der Waals surface area contributed by atoms with Gasteiger partial charge in [0.15, 0.2) is 0 Å². The topological polar surface area (TPSA) is 45.0 Å². The molecule has 0 heterocycles. The van der Waals surface area contributed by atoms with Gasteiger partial charge in [0, 0.05) is 5.56 Å². The first-order chi connectivity index (χ1) is 8.16. The zero-order valence-electron chi connectivity index (χ0n) is 10.8. The van der Waals surface area contributed by atoms with Gasteiger partial charge in [0.1, 0.15) is 5.75 Å². The van der Waals surface area contributed by atoms with Gasteiger partial charge >= 0.3 is 0 Å². The minimum absolute atomic E-state index is 0.328. The smallest absolute Gasteiger partial charge is 0.241 e. The van der Waals surface area contributed by atoms with Crippen LogP contribution >= 0.6 is 0 Å². The molecule has 4 heteroatoms. The molecule has 0 aliphatic carbocycles. The molecule has 0 bridgehead atoms. The quantitative estimate of drug-likeness (QED) is 0.463. The Balaban J connectivity index is 2.65. The van der Waals surface area contributed by atoms with Crippen LogP contribution < -0.4 is 0 Å². The first kappa shape index (κ1) is 13.9. The van der Waals surface area contributed by atoms with Crippen LogP contribution in [-0.4, -0.2) is 14.8 Å². The summed E-state index contributed by atoms with van der Waals surface area (Å²) in [4.78, 5) is 0. The highest BCUT2D eigenvalue weighted by Crippen LogP contribution is 2.29.